The molecule has 2 aromatic carbocycles. The van der Waals surface area contributed by atoms with Crippen molar-refractivity contribution in [2.24, 2.45) is 0 Å². The van der Waals surface area contributed by atoms with E-state index in [1.807, 2.05) is 30.3 Å². The predicted octanol–water partition coefficient (Wildman–Crippen LogP) is 4.45. The molecule has 0 saturated heterocycles. The van der Waals surface area contributed by atoms with Crippen LogP contribution in [-0.2, 0) is 6.18 Å². The molecule has 0 aliphatic heterocycles. The Balaban J connectivity index is 1.54. The van der Waals surface area contributed by atoms with E-state index in [1.54, 1.807) is 6.07 Å². The zero-order valence-corrected chi connectivity index (χ0v) is 14.9. The topological polar surface area (TPSA) is 84.1 Å². The smallest absolute Gasteiger partial charge is 0.387 e. The number of benzene rings is 2. The second kappa shape index (κ2) is 7.51. The molecule has 0 aliphatic rings. The molecule has 2 aromatic heterocycles. The van der Waals surface area contributed by atoms with Crippen LogP contribution in [0.15, 0.2) is 65.4 Å². The molecular weight excluding hydrogens is 385 g/mol. The van der Waals surface area contributed by atoms with Crippen molar-refractivity contribution in [2.75, 3.05) is 11.9 Å². The molecule has 2 N–H and O–H groups in total. The van der Waals surface area contributed by atoms with E-state index < -0.39 is 18.0 Å². The second-order valence-electron chi connectivity index (χ2n) is 6.34. The Morgan fingerprint density at radius 1 is 1.03 bits per heavy atom. The van der Waals surface area contributed by atoms with Crippen molar-refractivity contribution in [1.82, 2.24) is 15.1 Å². The van der Waals surface area contributed by atoms with E-state index in [2.05, 4.69) is 20.4 Å². The molecule has 0 fully saturated rings. The fraction of sp³-hybridized carbons (Fsp3) is 0.150. The Labute approximate surface area is 163 Å². The summed E-state index contributed by atoms with van der Waals surface area (Å²) in [7, 11) is 0. The summed E-state index contributed by atoms with van der Waals surface area (Å²) in [5.41, 5.74) is 0.770. The first kappa shape index (κ1) is 18.9. The minimum atomic E-state index is -4.58. The number of rotatable bonds is 5. The summed E-state index contributed by atoms with van der Waals surface area (Å²) in [6.07, 6.45) is -3.97. The van der Waals surface area contributed by atoms with Crippen molar-refractivity contribution in [3.8, 4) is 11.3 Å². The fourth-order valence-corrected chi connectivity index (χ4v) is 2.91. The van der Waals surface area contributed by atoms with E-state index in [1.165, 1.54) is 24.5 Å². The molecule has 6 nitrogen and oxygen atoms in total. The SMILES string of the molecule is OC(CNc1cc(-c2ccc3c(C(F)(F)F)noc3c2)ncn1)c1ccccc1. The maximum absolute atomic E-state index is 12.9. The first-order valence-electron chi connectivity index (χ1n) is 8.68. The molecule has 9 heteroatoms. The quantitative estimate of drug-likeness (QED) is 0.515. The lowest BCUT2D eigenvalue weighted by Crippen LogP contribution is -2.13. The van der Waals surface area contributed by atoms with Gasteiger partial charge in [0.1, 0.15) is 12.1 Å². The average molecular weight is 400 g/mol. The van der Waals surface area contributed by atoms with Gasteiger partial charge in [-0.2, -0.15) is 13.2 Å². The molecule has 0 bridgehead atoms. The van der Waals surface area contributed by atoms with Crippen LogP contribution in [0.5, 0.6) is 0 Å². The number of nitrogens with one attached hydrogen (secondary N) is 1. The van der Waals surface area contributed by atoms with Crippen molar-refractivity contribution in [2.45, 2.75) is 12.3 Å². The highest BCUT2D eigenvalue weighted by molar-refractivity contribution is 5.84. The van der Waals surface area contributed by atoms with E-state index >= 15 is 0 Å². The molecule has 1 unspecified atom stereocenters. The first-order chi connectivity index (χ1) is 13.9. The minimum Gasteiger partial charge on any atom is -0.387 e. The number of alkyl halides is 3. The molecule has 0 saturated carbocycles. The molecule has 0 spiro atoms. The van der Waals surface area contributed by atoms with Crippen LogP contribution in [-0.4, -0.2) is 26.8 Å². The lowest BCUT2D eigenvalue weighted by Gasteiger charge is -2.13. The first-order valence-corrected chi connectivity index (χ1v) is 8.68. The summed E-state index contributed by atoms with van der Waals surface area (Å²) in [4.78, 5) is 8.27. The second-order valence-corrected chi connectivity index (χ2v) is 6.34. The standard InChI is InChI=1S/C20H15F3N4O2/c21-20(22,23)19-14-7-6-13(8-17(14)29-27-19)15-9-18(26-11-25-15)24-10-16(28)12-4-2-1-3-5-12/h1-9,11,16,28H,10H2,(H,24,25,26). The monoisotopic (exact) mass is 400 g/mol. The summed E-state index contributed by atoms with van der Waals surface area (Å²) >= 11 is 0. The Hall–Kier alpha value is -3.46. The lowest BCUT2D eigenvalue weighted by atomic mass is 10.1. The van der Waals surface area contributed by atoms with Crippen LogP contribution in [0.2, 0.25) is 0 Å². The molecule has 2 heterocycles. The summed E-state index contributed by atoms with van der Waals surface area (Å²) in [5, 5.41) is 16.3. The number of hydrogen-bond donors (Lipinski definition) is 2. The molecule has 0 aliphatic carbocycles. The van der Waals surface area contributed by atoms with Gasteiger partial charge in [0.25, 0.3) is 0 Å². The zero-order valence-electron chi connectivity index (χ0n) is 14.9. The van der Waals surface area contributed by atoms with E-state index in [9.17, 15) is 18.3 Å². The lowest BCUT2D eigenvalue weighted by molar-refractivity contribution is -0.141. The van der Waals surface area contributed by atoms with Gasteiger partial charge in [-0.25, -0.2) is 9.97 Å². The van der Waals surface area contributed by atoms with Gasteiger partial charge >= 0.3 is 6.18 Å². The number of nitrogens with zero attached hydrogens (tertiary/aromatic N) is 3. The van der Waals surface area contributed by atoms with Gasteiger partial charge in [-0.05, 0) is 17.7 Å². The fourth-order valence-electron chi connectivity index (χ4n) is 2.91. The predicted molar refractivity (Wildman–Crippen MR) is 99.9 cm³/mol. The summed E-state index contributed by atoms with van der Waals surface area (Å²) in [5.74, 6) is 0.471. The van der Waals surface area contributed by atoms with Crippen LogP contribution < -0.4 is 5.32 Å². The van der Waals surface area contributed by atoms with Crippen molar-refractivity contribution in [1.29, 1.82) is 0 Å². The average Bonchev–Trinajstić information content (AvgIpc) is 3.16. The van der Waals surface area contributed by atoms with E-state index in [0.29, 0.717) is 17.1 Å². The Kier molecular flexibility index (Phi) is 4.89. The van der Waals surface area contributed by atoms with E-state index in [4.69, 9.17) is 4.52 Å². The normalized spacial score (nSPS) is 12.8. The highest BCUT2D eigenvalue weighted by atomic mass is 19.4. The molecule has 4 rings (SSSR count). The third kappa shape index (κ3) is 4.04. The third-order valence-corrected chi connectivity index (χ3v) is 4.36. The van der Waals surface area contributed by atoms with Gasteiger partial charge in [0.2, 0.25) is 0 Å². The van der Waals surface area contributed by atoms with Gasteiger partial charge in [0, 0.05) is 18.2 Å². The largest absolute Gasteiger partial charge is 0.437 e. The van der Waals surface area contributed by atoms with Gasteiger partial charge in [-0.3, -0.25) is 0 Å². The number of aromatic nitrogens is 3. The Bertz CT molecular complexity index is 1130. The van der Waals surface area contributed by atoms with E-state index in [-0.39, 0.29) is 17.5 Å². The van der Waals surface area contributed by atoms with E-state index in [0.717, 1.165) is 5.56 Å². The molecular formula is C20H15F3N4O2. The van der Waals surface area contributed by atoms with Crippen LogP contribution in [0.4, 0.5) is 19.0 Å². The maximum Gasteiger partial charge on any atom is 0.437 e. The van der Waals surface area contributed by atoms with Crippen molar-refractivity contribution >= 4 is 16.8 Å². The number of aliphatic hydroxyl groups excluding tert-OH is 1. The number of anilines is 1. The molecule has 148 valence electrons. The molecule has 4 aromatic rings. The van der Waals surface area contributed by atoms with Crippen LogP contribution in [0, 0.1) is 0 Å². The maximum atomic E-state index is 12.9. The van der Waals surface area contributed by atoms with Gasteiger partial charge in [-0.1, -0.05) is 41.6 Å². The number of halogens is 3. The molecule has 0 amide bonds. The van der Waals surface area contributed by atoms with Crippen LogP contribution in [0.3, 0.4) is 0 Å². The minimum absolute atomic E-state index is 0.0162. The third-order valence-electron chi connectivity index (χ3n) is 4.36. The van der Waals surface area contributed by atoms with Crippen LogP contribution in [0.25, 0.3) is 22.2 Å². The highest BCUT2D eigenvalue weighted by Crippen LogP contribution is 2.35. The van der Waals surface area contributed by atoms with Crippen LogP contribution in [0.1, 0.15) is 17.4 Å². The number of aliphatic hydroxyl groups is 1. The van der Waals surface area contributed by atoms with Crippen molar-refractivity contribution < 1.29 is 22.8 Å². The van der Waals surface area contributed by atoms with Crippen molar-refractivity contribution in [3.05, 3.63) is 72.2 Å². The molecule has 1 atom stereocenters. The summed E-state index contributed by atoms with van der Waals surface area (Å²) in [6, 6.07) is 15.1. The number of hydrogen-bond acceptors (Lipinski definition) is 6. The zero-order chi connectivity index (χ0) is 20.4. The van der Waals surface area contributed by atoms with Crippen molar-refractivity contribution in [3.63, 3.8) is 0 Å². The summed E-state index contributed by atoms with van der Waals surface area (Å²) in [6.45, 7) is 0.233. The number of fused-ring (bicyclic) bond motifs is 1. The van der Waals surface area contributed by atoms with Gasteiger partial charge in [-0.15, -0.1) is 0 Å². The Morgan fingerprint density at radius 3 is 2.59 bits per heavy atom. The highest BCUT2D eigenvalue weighted by Gasteiger charge is 2.37. The Morgan fingerprint density at radius 2 is 1.83 bits per heavy atom. The van der Waals surface area contributed by atoms with Gasteiger partial charge in [0.05, 0.1) is 17.2 Å². The van der Waals surface area contributed by atoms with Gasteiger partial charge < -0.3 is 14.9 Å². The summed E-state index contributed by atoms with van der Waals surface area (Å²) < 4.78 is 43.6. The molecule has 29 heavy (non-hydrogen) atoms. The van der Waals surface area contributed by atoms with Gasteiger partial charge in [0.15, 0.2) is 11.3 Å². The van der Waals surface area contributed by atoms with Crippen LogP contribution >= 0.6 is 0 Å². The molecule has 0 radical (unpaired) electrons.